The van der Waals surface area contributed by atoms with Crippen molar-refractivity contribution in [2.75, 3.05) is 4.90 Å². The van der Waals surface area contributed by atoms with Gasteiger partial charge >= 0.3 is 0 Å². The summed E-state index contributed by atoms with van der Waals surface area (Å²) in [5.74, 6) is 0. The van der Waals surface area contributed by atoms with Crippen LogP contribution in [0, 0.1) is 0 Å². The largest absolute Gasteiger partial charge is 0.455 e. The second-order valence-electron chi connectivity index (χ2n) is 13.0. The molecule has 244 valence electrons. The second kappa shape index (κ2) is 12.5. The molecular formula is C50H33NO. The molecule has 1 heterocycles. The normalized spacial score (nSPS) is 12.5. The highest BCUT2D eigenvalue weighted by atomic mass is 16.3. The van der Waals surface area contributed by atoms with Gasteiger partial charge in [0.2, 0.25) is 0 Å². The second-order valence-corrected chi connectivity index (χ2v) is 13.0. The van der Waals surface area contributed by atoms with Gasteiger partial charge in [-0.1, -0.05) is 152 Å². The number of hydrogen-bond donors (Lipinski definition) is 0. The summed E-state index contributed by atoms with van der Waals surface area (Å²) in [6.07, 6.45) is 0. The third-order valence-electron chi connectivity index (χ3n) is 9.93. The van der Waals surface area contributed by atoms with Gasteiger partial charge in [0.1, 0.15) is 11.2 Å². The minimum absolute atomic E-state index is 0.103. The number of anilines is 3. The summed E-state index contributed by atoms with van der Waals surface area (Å²) in [4.78, 5) is 1.86. The van der Waals surface area contributed by atoms with Crippen molar-refractivity contribution in [1.82, 2.24) is 0 Å². The maximum atomic E-state index is 9.48. The van der Waals surface area contributed by atoms with Crippen molar-refractivity contribution >= 4 is 60.5 Å². The van der Waals surface area contributed by atoms with Gasteiger partial charge in [-0.05, 0) is 98.0 Å². The van der Waals surface area contributed by atoms with Crippen LogP contribution >= 0.6 is 0 Å². The lowest BCUT2D eigenvalue weighted by Gasteiger charge is -2.26. The monoisotopic (exact) mass is 667 g/mol. The molecule has 0 unspecified atom stereocenters. The summed E-state index contributed by atoms with van der Waals surface area (Å²) in [5, 5.41) is 6.17. The van der Waals surface area contributed by atoms with Crippen molar-refractivity contribution < 1.29 is 9.90 Å². The van der Waals surface area contributed by atoms with Gasteiger partial charge in [-0.2, -0.15) is 0 Å². The highest BCUT2D eigenvalue weighted by molar-refractivity contribution is 6.19. The fourth-order valence-electron chi connectivity index (χ4n) is 7.42. The third kappa shape index (κ3) is 5.12. The van der Waals surface area contributed by atoms with E-state index in [1.165, 1.54) is 16.3 Å². The molecule has 1 aromatic heterocycles. The van der Waals surface area contributed by atoms with Gasteiger partial charge in [-0.25, -0.2) is 0 Å². The molecule has 0 fully saturated rings. The summed E-state index contributed by atoms with van der Waals surface area (Å²) in [6.45, 7) is 0. The molecule has 0 saturated carbocycles. The highest BCUT2D eigenvalue weighted by Crippen LogP contribution is 2.45. The van der Waals surface area contributed by atoms with E-state index in [2.05, 4.69) is 103 Å². The molecule has 0 spiro atoms. The highest BCUT2D eigenvalue weighted by Gasteiger charge is 2.20. The Bertz CT molecular complexity index is 3100. The topological polar surface area (TPSA) is 16.4 Å². The van der Waals surface area contributed by atoms with E-state index in [-0.39, 0.29) is 35.4 Å². The minimum atomic E-state index is -0.132. The third-order valence-corrected chi connectivity index (χ3v) is 9.93. The van der Waals surface area contributed by atoms with E-state index in [9.17, 15) is 5.48 Å². The van der Waals surface area contributed by atoms with Crippen molar-refractivity contribution in [2.24, 2.45) is 0 Å². The van der Waals surface area contributed by atoms with Crippen LogP contribution in [0.25, 0.3) is 76.9 Å². The van der Waals surface area contributed by atoms with Crippen LogP contribution in [-0.2, 0) is 0 Å². The van der Waals surface area contributed by atoms with E-state index in [1.54, 1.807) is 0 Å². The van der Waals surface area contributed by atoms with Crippen molar-refractivity contribution in [3.8, 4) is 33.4 Å². The smallest absolute Gasteiger partial charge is 0.143 e. The summed E-state index contributed by atoms with van der Waals surface area (Å²) in [5.41, 5.74) is 8.22. The average Bonchev–Trinajstić information content (AvgIpc) is 3.65. The number of benzene rings is 9. The fourth-order valence-corrected chi connectivity index (χ4v) is 7.42. The first-order chi connectivity index (χ1) is 27.5. The van der Waals surface area contributed by atoms with Crippen LogP contribution < -0.4 is 4.90 Å². The van der Waals surface area contributed by atoms with Gasteiger partial charge in [-0.15, -0.1) is 0 Å². The first-order valence-corrected chi connectivity index (χ1v) is 17.4. The van der Waals surface area contributed by atoms with Crippen LogP contribution in [0.15, 0.2) is 205 Å². The number of nitrogens with zero attached hydrogens (tertiary/aromatic N) is 1. The van der Waals surface area contributed by atoms with E-state index in [0.29, 0.717) is 22.5 Å². The van der Waals surface area contributed by atoms with E-state index < -0.39 is 0 Å². The lowest BCUT2D eigenvalue weighted by Crippen LogP contribution is -2.10. The Kier molecular flexibility index (Phi) is 6.22. The average molecular weight is 668 g/mol. The van der Waals surface area contributed by atoms with Gasteiger partial charge < -0.3 is 9.32 Å². The minimum Gasteiger partial charge on any atom is -0.455 e. The number of hydrogen-bond acceptors (Lipinski definition) is 2. The SMILES string of the molecule is [2H]c1c([2H])c(N(c2ccc(-c3cccc(-c4cccc5ccccc45)c3)cc2)c2cccc3oc4c5ccccc5ccc4c23)c([2H])c([2H])c1-c1ccccc1. The molecule has 0 atom stereocenters. The first-order valence-electron chi connectivity index (χ1n) is 19.4. The maximum Gasteiger partial charge on any atom is 0.143 e. The maximum absolute atomic E-state index is 9.48. The van der Waals surface area contributed by atoms with Crippen LogP contribution in [0.5, 0.6) is 0 Å². The first kappa shape index (κ1) is 26.0. The zero-order valence-electron chi connectivity index (χ0n) is 32.1. The van der Waals surface area contributed by atoms with Gasteiger partial charge in [-0.3, -0.25) is 0 Å². The number of rotatable bonds is 6. The lowest BCUT2D eigenvalue weighted by atomic mass is 9.95. The van der Waals surface area contributed by atoms with Crippen molar-refractivity contribution in [3.63, 3.8) is 0 Å². The Labute approximate surface area is 308 Å². The molecule has 2 heteroatoms. The number of furan rings is 1. The molecule has 10 aromatic rings. The van der Waals surface area contributed by atoms with Crippen LogP contribution in [0.3, 0.4) is 0 Å². The summed E-state index contributed by atoms with van der Waals surface area (Å²) >= 11 is 0. The molecule has 0 N–H and O–H groups in total. The Balaban J connectivity index is 1.17. The summed E-state index contributed by atoms with van der Waals surface area (Å²) < 4.78 is 44.0. The molecule has 52 heavy (non-hydrogen) atoms. The Morgan fingerprint density at radius 2 is 1.04 bits per heavy atom. The lowest BCUT2D eigenvalue weighted by molar-refractivity contribution is 0.672. The Hall–Kier alpha value is -6.90. The molecule has 10 rings (SSSR count). The molecule has 0 aliphatic carbocycles. The summed E-state index contributed by atoms with van der Waals surface area (Å²) in [6, 6.07) is 58.3. The van der Waals surface area contributed by atoms with Gasteiger partial charge in [0, 0.05) is 22.1 Å². The predicted octanol–water partition coefficient (Wildman–Crippen LogP) is 14.4. The van der Waals surface area contributed by atoms with Gasteiger partial charge in [0.05, 0.1) is 16.6 Å². The van der Waals surface area contributed by atoms with Crippen LogP contribution in [-0.4, -0.2) is 0 Å². The molecule has 0 radical (unpaired) electrons. The molecule has 0 bridgehead atoms. The van der Waals surface area contributed by atoms with Crippen LogP contribution in [0.2, 0.25) is 0 Å². The standard InChI is InChI=1S/C50H33NO/c1-2-11-34(12-3-1)35-23-28-41(29-24-35)51(47-21-10-22-48-49(47)46-32-27-38-14-5-7-19-45(38)50(46)52-48)42-30-25-36(26-31-42)39-16-8-17-40(33-39)44-20-9-15-37-13-4-6-18-43(37)44/h1-33H/i23D,24D,28D,29D. The zero-order valence-corrected chi connectivity index (χ0v) is 28.1. The predicted molar refractivity (Wildman–Crippen MR) is 220 cm³/mol. The van der Waals surface area contributed by atoms with E-state index in [0.717, 1.165) is 43.8 Å². The van der Waals surface area contributed by atoms with E-state index >= 15 is 0 Å². The zero-order chi connectivity index (χ0) is 37.9. The van der Waals surface area contributed by atoms with Crippen molar-refractivity contribution in [1.29, 1.82) is 0 Å². The summed E-state index contributed by atoms with van der Waals surface area (Å²) in [7, 11) is 0. The fraction of sp³-hybridized carbons (Fsp3) is 0. The molecule has 0 aliphatic rings. The molecule has 2 nitrogen and oxygen atoms in total. The van der Waals surface area contributed by atoms with Gasteiger partial charge in [0.15, 0.2) is 0 Å². The van der Waals surface area contributed by atoms with Crippen LogP contribution in [0.4, 0.5) is 17.1 Å². The molecule has 9 aromatic carbocycles. The molecular weight excluding hydrogens is 631 g/mol. The van der Waals surface area contributed by atoms with Gasteiger partial charge in [0.25, 0.3) is 0 Å². The van der Waals surface area contributed by atoms with Crippen molar-refractivity contribution in [3.05, 3.63) is 200 Å². The number of fused-ring (bicyclic) bond motifs is 6. The van der Waals surface area contributed by atoms with E-state index in [4.69, 9.17) is 4.42 Å². The Morgan fingerprint density at radius 1 is 0.404 bits per heavy atom. The quantitative estimate of drug-likeness (QED) is 0.175. The van der Waals surface area contributed by atoms with E-state index in [1.807, 2.05) is 77.7 Å². The van der Waals surface area contributed by atoms with Crippen LogP contribution in [0.1, 0.15) is 5.48 Å². The van der Waals surface area contributed by atoms with Crippen molar-refractivity contribution in [2.45, 2.75) is 0 Å². The molecule has 0 amide bonds. The Morgan fingerprint density at radius 3 is 1.87 bits per heavy atom. The molecule has 0 saturated heterocycles. The molecule has 0 aliphatic heterocycles.